The van der Waals surface area contributed by atoms with Crippen molar-refractivity contribution in [2.24, 2.45) is 4.99 Å². The number of methoxy groups -OCH3 is 1. The molecule has 3 aliphatic heterocycles. The lowest BCUT2D eigenvalue weighted by Crippen LogP contribution is -2.36. The Kier molecular flexibility index (Phi) is 4.95. The predicted molar refractivity (Wildman–Crippen MR) is 128 cm³/mol. The van der Waals surface area contributed by atoms with Crippen LogP contribution in [0.25, 0.3) is 11.2 Å². The number of fused-ring (bicyclic) bond motifs is 2. The van der Waals surface area contributed by atoms with Gasteiger partial charge in [0.15, 0.2) is 11.5 Å². The number of morpholine rings is 1. The summed E-state index contributed by atoms with van der Waals surface area (Å²) in [6.45, 7) is 3.16. The molecular formula is C24H25N7O2. The molecule has 1 atom stereocenters. The van der Waals surface area contributed by atoms with Crippen LogP contribution in [0.15, 0.2) is 60.3 Å². The van der Waals surface area contributed by atoms with Crippen molar-refractivity contribution in [1.82, 2.24) is 19.7 Å². The highest BCUT2D eigenvalue weighted by atomic mass is 16.5. The predicted octanol–water partition coefficient (Wildman–Crippen LogP) is 2.99. The third-order valence-corrected chi connectivity index (χ3v) is 6.20. The van der Waals surface area contributed by atoms with E-state index in [4.69, 9.17) is 14.5 Å². The molecule has 6 rings (SSSR count). The number of nitrogens with one attached hydrogen (secondary N) is 2. The number of rotatable bonds is 5. The van der Waals surface area contributed by atoms with Crippen molar-refractivity contribution in [2.45, 2.75) is 12.5 Å². The van der Waals surface area contributed by atoms with E-state index in [0.29, 0.717) is 5.82 Å². The monoisotopic (exact) mass is 443 g/mol. The minimum atomic E-state index is 0.207. The number of hydrogen-bond donors (Lipinski definition) is 2. The Morgan fingerprint density at radius 3 is 3.03 bits per heavy atom. The quantitative estimate of drug-likeness (QED) is 0.627. The van der Waals surface area contributed by atoms with Crippen LogP contribution >= 0.6 is 0 Å². The summed E-state index contributed by atoms with van der Waals surface area (Å²) in [6, 6.07) is 6.34. The molecule has 1 unspecified atom stereocenters. The number of ether oxygens (including phenoxy) is 2. The molecule has 1 saturated heterocycles. The Morgan fingerprint density at radius 1 is 1.24 bits per heavy atom. The van der Waals surface area contributed by atoms with Crippen molar-refractivity contribution in [3.8, 4) is 5.75 Å². The van der Waals surface area contributed by atoms with Gasteiger partial charge in [0.05, 0.1) is 43.5 Å². The maximum Gasteiger partial charge on any atom is 0.180 e. The van der Waals surface area contributed by atoms with Crippen molar-refractivity contribution >= 4 is 34.1 Å². The molecule has 9 heteroatoms. The standard InChI is InChI=1S/C24H25N7O2/c1-32-22-13-17(2-3-21(22)30-8-10-33-11-9-30)28-23-24-26-6-7-31(24)15-20(29-23)16-12-19-18(27-14-16)4-5-25-19/h2-7,13-15,19,25H,8-12H2,1H3,(H,28,29). The molecule has 3 aliphatic rings. The molecule has 3 aromatic rings. The van der Waals surface area contributed by atoms with E-state index < -0.39 is 0 Å². The molecule has 168 valence electrons. The summed E-state index contributed by atoms with van der Waals surface area (Å²) in [5, 5.41) is 6.80. The highest BCUT2D eigenvalue weighted by Gasteiger charge is 2.24. The number of aliphatic imine (C=N–C) groups is 1. The molecule has 2 N–H and O–H groups in total. The van der Waals surface area contributed by atoms with E-state index in [1.54, 1.807) is 13.3 Å². The molecule has 2 aromatic heterocycles. The Balaban J connectivity index is 1.33. The average molecular weight is 444 g/mol. The maximum atomic E-state index is 5.71. The van der Waals surface area contributed by atoms with Crippen molar-refractivity contribution in [3.63, 3.8) is 0 Å². The topological polar surface area (TPSA) is 88.3 Å². The Labute approximate surface area is 191 Å². The summed E-state index contributed by atoms with van der Waals surface area (Å²) < 4.78 is 13.2. The minimum absolute atomic E-state index is 0.207. The molecule has 0 radical (unpaired) electrons. The van der Waals surface area contributed by atoms with Gasteiger partial charge in [-0.2, -0.15) is 0 Å². The molecule has 0 saturated carbocycles. The van der Waals surface area contributed by atoms with Gasteiger partial charge >= 0.3 is 0 Å². The van der Waals surface area contributed by atoms with Crippen LogP contribution in [0.2, 0.25) is 0 Å². The van der Waals surface area contributed by atoms with E-state index in [0.717, 1.165) is 72.5 Å². The number of imidazole rings is 1. The van der Waals surface area contributed by atoms with Crippen LogP contribution < -0.4 is 20.3 Å². The second-order valence-electron chi connectivity index (χ2n) is 8.21. The van der Waals surface area contributed by atoms with E-state index >= 15 is 0 Å². The van der Waals surface area contributed by atoms with Crippen molar-refractivity contribution in [1.29, 1.82) is 0 Å². The largest absolute Gasteiger partial charge is 0.495 e. The fraction of sp³-hybridized carbons (Fsp3) is 0.292. The third kappa shape index (κ3) is 3.70. The molecule has 0 bridgehead atoms. The fourth-order valence-electron chi connectivity index (χ4n) is 4.47. The summed E-state index contributed by atoms with van der Waals surface area (Å²) in [7, 11) is 1.70. The number of aromatic nitrogens is 3. The van der Waals surface area contributed by atoms with E-state index in [1.165, 1.54) is 0 Å². The Hall–Kier alpha value is -3.85. The number of hydrogen-bond acceptors (Lipinski definition) is 8. The zero-order chi connectivity index (χ0) is 22.2. The van der Waals surface area contributed by atoms with Crippen LogP contribution in [0.5, 0.6) is 5.75 Å². The summed E-state index contributed by atoms with van der Waals surface area (Å²) in [6.07, 6.45) is 12.4. The van der Waals surface area contributed by atoms with E-state index in [9.17, 15) is 0 Å². The maximum absolute atomic E-state index is 5.71. The van der Waals surface area contributed by atoms with E-state index in [-0.39, 0.29) is 6.04 Å². The van der Waals surface area contributed by atoms with Crippen LogP contribution in [-0.4, -0.2) is 59.5 Å². The molecule has 5 heterocycles. The van der Waals surface area contributed by atoms with E-state index in [2.05, 4.69) is 31.6 Å². The lowest BCUT2D eigenvalue weighted by atomic mass is 9.99. The fourth-order valence-corrected chi connectivity index (χ4v) is 4.47. The molecule has 0 spiro atoms. The zero-order valence-corrected chi connectivity index (χ0v) is 18.4. The van der Waals surface area contributed by atoms with Gasteiger partial charge in [0, 0.05) is 61.6 Å². The van der Waals surface area contributed by atoms with E-state index in [1.807, 2.05) is 47.4 Å². The van der Waals surface area contributed by atoms with Crippen LogP contribution in [0.3, 0.4) is 0 Å². The van der Waals surface area contributed by atoms with Crippen molar-refractivity contribution < 1.29 is 9.47 Å². The minimum Gasteiger partial charge on any atom is -0.495 e. The van der Waals surface area contributed by atoms with Gasteiger partial charge in [0.1, 0.15) is 5.75 Å². The summed E-state index contributed by atoms with van der Waals surface area (Å²) in [5.41, 5.74) is 5.73. The van der Waals surface area contributed by atoms with Crippen LogP contribution in [0, 0.1) is 0 Å². The molecular weight excluding hydrogens is 418 g/mol. The lowest BCUT2D eigenvalue weighted by Gasteiger charge is -2.30. The van der Waals surface area contributed by atoms with Crippen LogP contribution in [-0.2, 0) is 4.74 Å². The molecule has 33 heavy (non-hydrogen) atoms. The molecule has 1 fully saturated rings. The van der Waals surface area contributed by atoms with Gasteiger partial charge in [0.25, 0.3) is 0 Å². The Morgan fingerprint density at radius 2 is 2.15 bits per heavy atom. The first kappa shape index (κ1) is 19.8. The first-order chi connectivity index (χ1) is 16.3. The van der Waals surface area contributed by atoms with Crippen molar-refractivity contribution in [2.75, 3.05) is 43.6 Å². The molecule has 9 nitrogen and oxygen atoms in total. The Bertz CT molecular complexity index is 1290. The second kappa shape index (κ2) is 8.25. The van der Waals surface area contributed by atoms with Gasteiger partial charge in [-0.15, -0.1) is 0 Å². The first-order valence-electron chi connectivity index (χ1n) is 11.1. The highest BCUT2D eigenvalue weighted by molar-refractivity contribution is 6.04. The third-order valence-electron chi connectivity index (χ3n) is 6.20. The molecule has 0 amide bonds. The first-order valence-corrected chi connectivity index (χ1v) is 11.1. The van der Waals surface area contributed by atoms with Gasteiger partial charge < -0.3 is 29.4 Å². The lowest BCUT2D eigenvalue weighted by molar-refractivity contribution is 0.122. The summed E-state index contributed by atoms with van der Waals surface area (Å²) >= 11 is 0. The summed E-state index contributed by atoms with van der Waals surface area (Å²) in [4.78, 5) is 16.3. The van der Waals surface area contributed by atoms with Gasteiger partial charge in [-0.05, 0) is 24.4 Å². The number of nitrogens with zero attached hydrogens (tertiary/aromatic N) is 5. The molecule has 0 aliphatic carbocycles. The SMILES string of the molecule is COc1cc(Nc2nc(C3=CN=C4C=CNC4C3)cn3ccnc23)ccc1N1CCOCC1. The number of benzene rings is 1. The second-order valence-corrected chi connectivity index (χ2v) is 8.21. The highest BCUT2D eigenvalue weighted by Crippen LogP contribution is 2.34. The normalized spacial score (nSPS) is 19.7. The van der Waals surface area contributed by atoms with Gasteiger partial charge in [-0.3, -0.25) is 4.99 Å². The van der Waals surface area contributed by atoms with Gasteiger partial charge in [-0.1, -0.05) is 0 Å². The van der Waals surface area contributed by atoms with Crippen LogP contribution in [0.1, 0.15) is 12.1 Å². The zero-order valence-electron chi connectivity index (χ0n) is 18.4. The van der Waals surface area contributed by atoms with Gasteiger partial charge in [-0.25, -0.2) is 9.97 Å². The smallest absolute Gasteiger partial charge is 0.180 e. The van der Waals surface area contributed by atoms with Crippen molar-refractivity contribution in [3.05, 3.63) is 61.0 Å². The van der Waals surface area contributed by atoms with Crippen LogP contribution in [0.4, 0.5) is 17.2 Å². The number of anilines is 3. The molecule has 1 aromatic carbocycles. The average Bonchev–Trinajstić information content (AvgIpc) is 3.53. The van der Waals surface area contributed by atoms with Gasteiger partial charge in [0.2, 0.25) is 0 Å². The summed E-state index contributed by atoms with van der Waals surface area (Å²) in [5.74, 6) is 1.50.